The summed E-state index contributed by atoms with van der Waals surface area (Å²) in [5.41, 5.74) is 1.46. The van der Waals surface area contributed by atoms with E-state index in [1.807, 2.05) is 18.2 Å². The molecule has 0 radical (unpaired) electrons. The van der Waals surface area contributed by atoms with Gasteiger partial charge in [-0.25, -0.2) is 4.98 Å². The van der Waals surface area contributed by atoms with Gasteiger partial charge < -0.3 is 14.9 Å². The fourth-order valence-corrected chi connectivity index (χ4v) is 1.84. The number of pyridine rings is 1. The highest BCUT2D eigenvalue weighted by atomic mass is 35.5. The maximum atomic E-state index is 9.15. The molecule has 0 amide bonds. The van der Waals surface area contributed by atoms with Gasteiger partial charge in [-0.2, -0.15) is 0 Å². The number of para-hydroxylation sites is 1. The second kappa shape index (κ2) is 6.52. The number of aliphatic hydroxyl groups excluding tert-OH is 2. The van der Waals surface area contributed by atoms with Crippen molar-refractivity contribution in [3.05, 3.63) is 52.7 Å². The summed E-state index contributed by atoms with van der Waals surface area (Å²) < 4.78 is 5.67. The van der Waals surface area contributed by atoms with Crippen LogP contribution in [0.4, 0.5) is 0 Å². The summed E-state index contributed by atoms with van der Waals surface area (Å²) in [5.74, 6) is 0.995. The fourth-order valence-electron chi connectivity index (χ4n) is 1.68. The standard InChI is InChI=1S/C14H14ClNO3/c15-12-8-16-14(7-11(12)9-18)19-13-4-2-1-3-10(13)5-6-17/h1-4,7-8,17-18H,5-6,9H2. The Morgan fingerprint density at radius 3 is 2.68 bits per heavy atom. The Morgan fingerprint density at radius 1 is 1.16 bits per heavy atom. The predicted molar refractivity (Wildman–Crippen MR) is 72.5 cm³/mol. The monoisotopic (exact) mass is 279 g/mol. The van der Waals surface area contributed by atoms with Gasteiger partial charge in [-0.3, -0.25) is 0 Å². The van der Waals surface area contributed by atoms with Gasteiger partial charge >= 0.3 is 0 Å². The summed E-state index contributed by atoms with van der Waals surface area (Å²) in [4.78, 5) is 4.06. The van der Waals surface area contributed by atoms with Gasteiger partial charge in [-0.15, -0.1) is 0 Å². The van der Waals surface area contributed by atoms with Crippen molar-refractivity contribution in [1.82, 2.24) is 4.98 Å². The molecule has 4 nitrogen and oxygen atoms in total. The van der Waals surface area contributed by atoms with Crippen LogP contribution in [0.15, 0.2) is 36.5 Å². The largest absolute Gasteiger partial charge is 0.439 e. The summed E-state index contributed by atoms with van der Waals surface area (Å²) in [6.07, 6.45) is 1.95. The number of nitrogens with zero attached hydrogens (tertiary/aromatic N) is 1. The zero-order valence-electron chi connectivity index (χ0n) is 10.2. The molecule has 0 bridgehead atoms. The molecular weight excluding hydrogens is 266 g/mol. The Morgan fingerprint density at radius 2 is 1.95 bits per heavy atom. The Kier molecular flexibility index (Phi) is 4.74. The lowest BCUT2D eigenvalue weighted by Crippen LogP contribution is -1.97. The van der Waals surface area contributed by atoms with Gasteiger partial charge in [0.15, 0.2) is 0 Å². The first-order valence-electron chi connectivity index (χ1n) is 5.86. The van der Waals surface area contributed by atoms with Gasteiger partial charge in [0, 0.05) is 24.4 Å². The number of halogens is 1. The molecule has 2 N–H and O–H groups in total. The average molecular weight is 280 g/mol. The van der Waals surface area contributed by atoms with Gasteiger partial charge in [0.05, 0.1) is 11.6 Å². The van der Waals surface area contributed by atoms with Crippen LogP contribution in [0.5, 0.6) is 11.6 Å². The van der Waals surface area contributed by atoms with E-state index < -0.39 is 0 Å². The molecule has 0 spiro atoms. The lowest BCUT2D eigenvalue weighted by molar-refractivity contribution is 0.281. The molecule has 0 fully saturated rings. The van der Waals surface area contributed by atoms with Gasteiger partial charge in [0.2, 0.25) is 5.88 Å². The minimum atomic E-state index is -0.171. The summed E-state index contributed by atoms with van der Waals surface area (Å²) in [6, 6.07) is 9.01. The molecule has 0 saturated heterocycles. The Hall–Kier alpha value is -1.62. The molecule has 19 heavy (non-hydrogen) atoms. The number of aliphatic hydroxyl groups is 2. The molecule has 0 aliphatic heterocycles. The highest BCUT2D eigenvalue weighted by Gasteiger charge is 2.07. The minimum Gasteiger partial charge on any atom is -0.439 e. The van der Waals surface area contributed by atoms with E-state index in [9.17, 15) is 0 Å². The van der Waals surface area contributed by atoms with E-state index in [4.69, 9.17) is 26.6 Å². The van der Waals surface area contributed by atoms with Crippen LogP contribution >= 0.6 is 11.6 Å². The molecule has 0 aliphatic carbocycles. The van der Waals surface area contributed by atoms with Crippen LogP contribution in [0, 0.1) is 0 Å². The van der Waals surface area contributed by atoms with Crippen LogP contribution in [-0.2, 0) is 13.0 Å². The van der Waals surface area contributed by atoms with Crippen molar-refractivity contribution in [3.8, 4) is 11.6 Å². The Labute approximate surface area is 116 Å². The van der Waals surface area contributed by atoms with Crippen molar-refractivity contribution in [3.63, 3.8) is 0 Å². The summed E-state index contributed by atoms with van der Waals surface area (Å²) in [6.45, 7) is -0.119. The average Bonchev–Trinajstić information content (AvgIpc) is 2.43. The Balaban J connectivity index is 2.26. The van der Waals surface area contributed by atoms with Crippen LogP contribution in [0.25, 0.3) is 0 Å². The van der Waals surface area contributed by atoms with E-state index in [-0.39, 0.29) is 13.2 Å². The lowest BCUT2D eigenvalue weighted by atomic mass is 10.1. The molecule has 1 aromatic carbocycles. The second-order valence-corrected chi connectivity index (χ2v) is 4.36. The van der Waals surface area contributed by atoms with Crippen molar-refractivity contribution < 1.29 is 14.9 Å². The van der Waals surface area contributed by atoms with Crippen LogP contribution in [0.1, 0.15) is 11.1 Å². The van der Waals surface area contributed by atoms with Crippen molar-refractivity contribution >= 4 is 11.6 Å². The van der Waals surface area contributed by atoms with E-state index in [0.717, 1.165) is 5.56 Å². The van der Waals surface area contributed by atoms with Crippen LogP contribution in [0.2, 0.25) is 5.02 Å². The van der Waals surface area contributed by atoms with E-state index in [0.29, 0.717) is 28.6 Å². The van der Waals surface area contributed by atoms with E-state index in [1.54, 1.807) is 12.1 Å². The molecule has 1 heterocycles. The van der Waals surface area contributed by atoms with Crippen molar-refractivity contribution in [2.45, 2.75) is 13.0 Å². The number of rotatable bonds is 5. The molecule has 1 aromatic heterocycles. The summed E-state index contributed by atoms with van der Waals surface area (Å²) in [7, 11) is 0. The smallest absolute Gasteiger partial charge is 0.219 e. The normalized spacial score (nSPS) is 10.5. The molecule has 5 heteroatoms. The SMILES string of the molecule is OCCc1ccccc1Oc1cc(CO)c(Cl)cn1. The summed E-state index contributed by atoms with van der Waals surface area (Å²) in [5, 5.41) is 18.6. The number of aromatic nitrogens is 1. The molecule has 0 unspecified atom stereocenters. The maximum absolute atomic E-state index is 9.15. The zero-order valence-corrected chi connectivity index (χ0v) is 11.0. The van der Waals surface area contributed by atoms with Gasteiger partial charge in [-0.05, 0) is 18.1 Å². The molecule has 2 aromatic rings. The van der Waals surface area contributed by atoms with Crippen molar-refractivity contribution in [2.75, 3.05) is 6.61 Å². The number of benzene rings is 1. The highest BCUT2D eigenvalue weighted by molar-refractivity contribution is 6.31. The topological polar surface area (TPSA) is 62.6 Å². The third-order valence-corrected chi connectivity index (χ3v) is 2.99. The van der Waals surface area contributed by atoms with Crippen molar-refractivity contribution in [1.29, 1.82) is 0 Å². The highest BCUT2D eigenvalue weighted by Crippen LogP contribution is 2.26. The molecule has 2 rings (SSSR count). The molecule has 0 atom stereocenters. The van der Waals surface area contributed by atoms with Crippen LogP contribution < -0.4 is 4.74 Å². The van der Waals surface area contributed by atoms with Crippen molar-refractivity contribution in [2.24, 2.45) is 0 Å². The third kappa shape index (κ3) is 3.44. The first kappa shape index (κ1) is 13.8. The first-order chi connectivity index (χ1) is 9.24. The Bertz CT molecular complexity index is 560. The van der Waals surface area contributed by atoms with Crippen LogP contribution in [-0.4, -0.2) is 21.8 Å². The van der Waals surface area contributed by atoms with Crippen LogP contribution in [0.3, 0.4) is 0 Å². The van der Waals surface area contributed by atoms with Gasteiger partial charge in [-0.1, -0.05) is 29.8 Å². The molecule has 0 saturated carbocycles. The molecule has 0 aliphatic rings. The van der Waals surface area contributed by atoms with E-state index in [1.165, 1.54) is 6.20 Å². The van der Waals surface area contributed by atoms with E-state index in [2.05, 4.69) is 4.98 Å². The van der Waals surface area contributed by atoms with E-state index >= 15 is 0 Å². The second-order valence-electron chi connectivity index (χ2n) is 3.96. The fraction of sp³-hybridized carbons (Fsp3) is 0.214. The summed E-state index contributed by atoms with van der Waals surface area (Å²) >= 11 is 5.87. The lowest BCUT2D eigenvalue weighted by Gasteiger charge is -2.10. The third-order valence-electron chi connectivity index (χ3n) is 2.65. The number of hydrogen-bond donors (Lipinski definition) is 2. The number of ether oxygens (including phenoxy) is 1. The number of hydrogen-bond acceptors (Lipinski definition) is 4. The van der Waals surface area contributed by atoms with Gasteiger partial charge in [0.1, 0.15) is 5.75 Å². The quantitative estimate of drug-likeness (QED) is 0.883. The minimum absolute atomic E-state index is 0.0519. The molecule has 100 valence electrons. The first-order valence-corrected chi connectivity index (χ1v) is 6.24. The zero-order chi connectivity index (χ0) is 13.7. The predicted octanol–water partition coefficient (Wildman–Crippen LogP) is 2.55. The van der Waals surface area contributed by atoms with Gasteiger partial charge in [0.25, 0.3) is 0 Å². The maximum Gasteiger partial charge on any atom is 0.219 e. The molecular formula is C14H14ClNO3.